The topological polar surface area (TPSA) is 73.6 Å². The summed E-state index contributed by atoms with van der Waals surface area (Å²) in [6.45, 7) is 3.81. The molecule has 0 spiro atoms. The normalized spacial score (nSPS) is 21.7. The SMILES string of the molecule is CCC1OCCC1CNc1ccc(C(=O)OC)cc1N. The summed E-state index contributed by atoms with van der Waals surface area (Å²) in [6.07, 6.45) is 2.44. The molecule has 1 fully saturated rings. The first kappa shape index (κ1) is 14.7. The molecule has 0 radical (unpaired) electrons. The van der Waals surface area contributed by atoms with Crippen molar-refractivity contribution in [2.75, 3.05) is 31.3 Å². The maximum absolute atomic E-state index is 11.4. The number of anilines is 2. The second kappa shape index (κ2) is 6.61. The van der Waals surface area contributed by atoms with E-state index >= 15 is 0 Å². The van der Waals surface area contributed by atoms with Crippen LogP contribution >= 0.6 is 0 Å². The second-order valence-electron chi connectivity index (χ2n) is 5.04. The van der Waals surface area contributed by atoms with Crippen molar-refractivity contribution in [1.29, 1.82) is 0 Å². The fourth-order valence-corrected chi connectivity index (χ4v) is 2.59. The Balaban J connectivity index is 1.98. The van der Waals surface area contributed by atoms with Crippen molar-refractivity contribution >= 4 is 17.3 Å². The fraction of sp³-hybridized carbons (Fsp3) is 0.533. The quantitative estimate of drug-likeness (QED) is 0.638. The second-order valence-corrected chi connectivity index (χ2v) is 5.04. The van der Waals surface area contributed by atoms with Crippen LogP contribution in [0.1, 0.15) is 30.1 Å². The fourth-order valence-electron chi connectivity index (χ4n) is 2.59. The van der Waals surface area contributed by atoms with Gasteiger partial charge >= 0.3 is 5.97 Å². The Kier molecular flexibility index (Phi) is 4.84. The molecule has 1 heterocycles. The molecule has 1 aliphatic heterocycles. The Morgan fingerprint density at radius 1 is 1.55 bits per heavy atom. The van der Waals surface area contributed by atoms with Gasteiger partial charge in [0.05, 0.1) is 30.2 Å². The summed E-state index contributed by atoms with van der Waals surface area (Å²) in [5.74, 6) is 0.137. The van der Waals surface area contributed by atoms with Gasteiger partial charge in [-0.1, -0.05) is 6.92 Å². The third-order valence-electron chi connectivity index (χ3n) is 3.78. The number of nitrogens with two attached hydrogens (primary N) is 1. The molecule has 1 saturated heterocycles. The summed E-state index contributed by atoms with van der Waals surface area (Å²) in [6, 6.07) is 5.17. The Bertz CT molecular complexity index is 476. The van der Waals surface area contributed by atoms with E-state index < -0.39 is 0 Å². The van der Waals surface area contributed by atoms with Crippen LogP contribution in [0.5, 0.6) is 0 Å². The maximum atomic E-state index is 11.4. The molecular weight excluding hydrogens is 256 g/mol. The predicted molar refractivity (Wildman–Crippen MR) is 78.8 cm³/mol. The first-order chi connectivity index (χ1) is 9.65. The van der Waals surface area contributed by atoms with Crippen molar-refractivity contribution in [2.45, 2.75) is 25.9 Å². The molecule has 2 unspecified atom stereocenters. The lowest BCUT2D eigenvalue weighted by molar-refractivity contribution is 0.0601. The predicted octanol–water partition coefficient (Wildman–Crippen LogP) is 2.28. The molecule has 0 amide bonds. The molecule has 0 aromatic heterocycles. The van der Waals surface area contributed by atoms with Gasteiger partial charge in [-0.2, -0.15) is 0 Å². The van der Waals surface area contributed by atoms with E-state index in [-0.39, 0.29) is 5.97 Å². The number of esters is 1. The number of rotatable bonds is 5. The van der Waals surface area contributed by atoms with Gasteiger partial charge in [0.2, 0.25) is 0 Å². The monoisotopic (exact) mass is 278 g/mol. The summed E-state index contributed by atoms with van der Waals surface area (Å²) in [5, 5.41) is 3.35. The summed E-state index contributed by atoms with van der Waals surface area (Å²) in [5.41, 5.74) is 7.83. The number of ether oxygens (including phenoxy) is 2. The van der Waals surface area contributed by atoms with Crippen molar-refractivity contribution in [1.82, 2.24) is 0 Å². The summed E-state index contributed by atoms with van der Waals surface area (Å²) in [7, 11) is 1.36. The molecule has 2 atom stereocenters. The molecular formula is C15H22N2O3. The van der Waals surface area contributed by atoms with E-state index in [0.29, 0.717) is 23.3 Å². The van der Waals surface area contributed by atoms with Gasteiger partial charge in [-0.15, -0.1) is 0 Å². The molecule has 5 heteroatoms. The lowest BCUT2D eigenvalue weighted by atomic mass is 9.99. The Morgan fingerprint density at radius 2 is 2.35 bits per heavy atom. The number of hydrogen-bond donors (Lipinski definition) is 2. The van der Waals surface area contributed by atoms with E-state index in [1.165, 1.54) is 7.11 Å². The van der Waals surface area contributed by atoms with E-state index in [0.717, 1.165) is 31.7 Å². The minimum atomic E-state index is -0.376. The first-order valence-corrected chi connectivity index (χ1v) is 6.99. The molecule has 1 aromatic rings. The summed E-state index contributed by atoms with van der Waals surface area (Å²) < 4.78 is 10.3. The van der Waals surface area contributed by atoms with Crippen LogP contribution in [0.15, 0.2) is 18.2 Å². The number of benzene rings is 1. The highest BCUT2D eigenvalue weighted by atomic mass is 16.5. The Hall–Kier alpha value is -1.75. The van der Waals surface area contributed by atoms with Crippen LogP contribution in [0.4, 0.5) is 11.4 Å². The van der Waals surface area contributed by atoms with E-state index in [4.69, 9.17) is 10.5 Å². The minimum absolute atomic E-state index is 0.332. The van der Waals surface area contributed by atoms with Gasteiger partial charge in [-0.3, -0.25) is 0 Å². The van der Waals surface area contributed by atoms with E-state index in [9.17, 15) is 4.79 Å². The van der Waals surface area contributed by atoms with Gasteiger partial charge in [0.1, 0.15) is 0 Å². The van der Waals surface area contributed by atoms with Crippen LogP contribution in [0.25, 0.3) is 0 Å². The van der Waals surface area contributed by atoms with Crippen LogP contribution in [-0.2, 0) is 9.47 Å². The van der Waals surface area contributed by atoms with Gasteiger partial charge in [-0.25, -0.2) is 4.79 Å². The zero-order valence-electron chi connectivity index (χ0n) is 12.0. The Morgan fingerprint density at radius 3 is 3.00 bits per heavy atom. The maximum Gasteiger partial charge on any atom is 0.337 e. The van der Waals surface area contributed by atoms with Gasteiger partial charge in [-0.05, 0) is 31.0 Å². The van der Waals surface area contributed by atoms with Crippen molar-refractivity contribution in [3.63, 3.8) is 0 Å². The van der Waals surface area contributed by atoms with E-state index in [1.807, 2.05) is 6.07 Å². The average Bonchev–Trinajstić information content (AvgIpc) is 2.92. The van der Waals surface area contributed by atoms with E-state index in [2.05, 4.69) is 17.0 Å². The van der Waals surface area contributed by atoms with Crippen LogP contribution in [-0.4, -0.2) is 32.3 Å². The molecule has 110 valence electrons. The Labute approximate surface area is 119 Å². The minimum Gasteiger partial charge on any atom is -0.465 e. The van der Waals surface area contributed by atoms with E-state index in [1.54, 1.807) is 12.1 Å². The van der Waals surface area contributed by atoms with Crippen LogP contribution in [0.2, 0.25) is 0 Å². The molecule has 2 rings (SSSR count). The smallest absolute Gasteiger partial charge is 0.337 e. The van der Waals surface area contributed by atoms with Crippen molar-refractivity contribution in [3.05, 3.63) is 23.8 Å². The molecule has 3 N–H and O–H groups in total. The molecule has 0 aliphatic carbocycles. The van der Waals surface area contributed by atoms with Gasteiger partial charge in [0.15, 0.2) is 0 Å². The summed E-state index contributed by atoms with van der Waals surface area (Å²) in [4.78, 5) is 11.4. The number of nitrogen functional groups attached to an aromatic ring is 1. The molecule has 1 aliphatic rings. The number of hydrogen-bond acceptors (Lipinski definition) is 5. The molecule has 1 aromatic carbocycles. The molecule has 0 bridgehead atoms. The third-order valence-corrected chi connectivity index (χ3v) is 3.78. The average molecular weight is 278 g/mol. The van der Waals surface area contributed by atoms with Crippen LogP contribution < -0.4 is 11.1 Å². The van der Waals surface area contributed by atoms with Crippen molar-refractivity contribution in [3.8, 4) is 0 Å². The zero-order valence-corrected chi connectivity index (χ0v) is 12.0. The first-order valence-electron chi connectivity index (χ1n) is 6.99. The lowest BCUT2D eigenvalue weighted by Gasteiger charge is -2.18. The highest BCUT2D eigenvalue weighted by Crippen LogP contribution is 2.26. The van der Waals surface area contributed by atoms with Crippen molar-refractivity contribution < 1.29 is 14.3 Å². The number of carbonyl (C=O) groups is 1. The van der Waals surface area contributed by atoms with Gasteiger partial charge in [0, 0.05) is 19.1 Å². The van der Waals surface area contributed by atoms with Crippen LogP contribution in [0.3, 0.4) is 0 Å². The number of carbonyl (C=O) groups excluding carboxylic acids is 1. The van der Waals surface area contributed by atoms with Crippen LogP contribution in [0, 0.1) is 5.92 Å². The summed E-state index contributed by atoms with van der Waals surface area (Å²) >= 11 is 0. The third kappa shape index (κ3) is 3.22. The number of methoxy groups -OCH3 is 1. The lowest BCUT2D eigenvalue weighted by Crippen LogP contribution is -2.23. The largest absolute Gasteiger partial charge is 0.465 e. The van der Waals surface area contributed by atoms with Gasteiger partial charge < -0.3 is 20.5 Å². The molecule has 5 nitrogen and oxygen atoms in total. The number of nitrogens with one attached hydrogen (secondary N) is 1. The molecule has 0 saturated carbocycles. The highest BCUT2D eigenvalue weighted by molar-refractivity contribution is 5.91. The molecule has 20 heavy (non-hydrogen) atoms. The zero-order chi connectivity index (χ0) is 14.5. The van der Waals surface area contributed by atoms with Gasteiger partial charge in [0.25, 0.3) is 0 Å². The standard InChI is InChI=1S/C15H22N2O3/c1-3-14-11(6-7-20-14)9-17-13-5-4-10(8-12(13)16)15(18)19-2/h4-5,8,11,14,17H,3,6-7,9,16H2,1-2H3. The van der Waals surface area contributed by atoms with Crippen molar-refractivity contribution in [2.24, 2.45) is 5.92 Å². The highest BCUT2D eigenvalue weighted by Gasteiger charge is 2.26.